The van der Waals surface area contributed by atoms with Crippen LogP contribution in [-0.2, 0) is 11.3 Å². The number of benzene rings is 2. The van der Waals surface area contributed by atoms with Gasteiger partial charge in [0.1, 0.15) is 18.1 Å². The number of carbonyl (C=O) groups excluding carboxylic acids is 1. The number of amides is 1. The highest BCUT2D eigenvalue weighted by molar-refractivity contribution is 5.90. The summed E-state index contributed by atoms with van der Waals surface area (Å²) in [6.45, 7) is -0.143. The van der Waals surface area contributed by atoms with Crippen molar-refractivity contribution in [1.29, 1.82) is 0 Å². The number of rotatable bonds is 6. The molecule has 7 nitrogen and oxygen atoms in total. The summed E-state index contributed by atoms with van der Waals surface area (Å²) < 4.78 is 7.99. The minimum Gasteiger partial charge on any atom is -0.497 e. The van der Waals surface area contributed by atoms with Crippen molar-refractivity contribution in [1.82, 2.24) is 14.3 Å². The fourth-order valence-electron chi connectivity index (χ4n) is 2.99. The summed E-state index contributed by atoms with van der Waals surface area (Å²) in [5.74, 6) is 1.33. The van der Waals surface area contributed by atoms with Crippen LogP contribution in [0.2, 0.25) is 0 Å². The number of carbonyl (C=O) groups is 1. The molecule has 0 atom stereocenters. The lowest BCUT2D eigenvalue weighted by Gasteiger charge is -2.06. The van der Waals surface area contributed by atoms with E-state index in [1.54, 1.807) is 35.9 Å². The van der Waals surface area contributed by atoms with Crippen LogP contribution in [0.4, 0.5) is 5.69 Å². The van der Waals surface area contributed by atoms with Gasteiger partial charge in [-0.25, -0.2) is 14.0 Å². The van der Waals surface area contributed by atoms with E-state index < -0.39 is 0 Å². The Kier molecular flexibility index (Phi) is 4.50. The van der Waals surface area contributed by atoms with Crippen LogP contribution in [0.5, 0.6) is 5.75 Å². The molecule has 1 aliphatic rings. The lowest BCUT2D eigenvalue weighted by molar-refractivity contribution is -0.117. The van der Waals surface area contributed by atoms with Crippen LogP contribution < -0.4 is 15.7 Å². The predicted octanol–water partition coefficient (Wildman–Crippen LogP) is 2.56. The van der Waals surface area contributed by atoms with Crippen molar-refractivity contribution >= 4 is 11.6 Å². The first-order chi connectivity index (χ1) is 13.2. The van der Waals surface area contributed by atoms with Gasteiger partial charge < -0.3 is 10.1 Å². The largest absolute Gasteiger partial charge is 0.497 e. The molecule has 1 N–H and O–H groups in total. The molecule has 1 aromatic heterocycles. The molecule has 0 unspecified atom stereocenters. The first-order valence-corrected chi connectivity index (χ1v) is 8.85. The number of nitrogens with zero attached hydrogens (tertiary/aromatic N) is 3. The summed E-state index contributed by atoms with van der Waals surface area (Å²) >= 11 is 0. The second-order valence-electron chi connectivity index (χ2n) is 6.52. The Morgan fingerprint density at radius 2 is 1.96 bits per heavy atom. The average Bonchev–Trinajstić information content (AvgIpc) is 3.48. The van der Waals surface area contributed by atoms with E-state index >= 15 is 0 Å². The normalized spacial score (nSPS) is 13.4. The Morgan fingerprint density at radius 3 is 2.67 bits per heavy atom. The smallest absolute Gasteiger partial charge is 0.351 e. The van der Waals surface area contributed by atoms with Crippen LogP contribution in [-0.4, -0.2) is 27.4 Å². The molecule has 0 saturated heterocycles. The molecule has 2 aromatic carbocycles. The van der Waals surface area contributed by atoms with E-state index in [1.807, 2.05) is 30.3 Å². The predicted molar refractivity (Wildman–Crippen MR) is 101 cm³/mol. The van der Waals surface area contributed by atoms with E-state index in [-0.39, 0.29) is 24.1 Å². The maximum atomic E-state index is 12.9. The monoisotopic (exact) mass is 364 g/mol. The van der Waals surface area contributed by atoms with Crippen molar-refractivity contribution in [2.75, 3.05) is 12.4 Å². The van der Waals surface area contributed by atoms with Gasteiger partial charge in [0.2, 0.25) is 5.91 Å². The molecule has 1 aliphatic carbocycles. The van der Waals surface area contributed by atoms with Crippen molar-refractivity contribution in [2.24, 2.45) is 0 Å². The van der Waals surface area contributed by atoms with Crippen LogP contribution >= 0.6 is 0 Å². The Morgan fingerprint density at radius 1 is 1.19 bits per heavy atom. The number of para-hydroxylation sites is 1. The maximum Gasteiger partial charge on any atom is 0.351 e. The van der Waals surface area contributed by atoms with Gasteiger partial charge in [-0.15, -0.1) is 0 Å². The summed E-state index contributed by atoms with van der Waals surface area (Å²) in [5, 5.41) is 7.22. The Labute approximate surface area is 156 Å². The first-order valence-electron chi connectivity index (χ1n) is 8.85. The molecule has 7 heteroatoms. The highest BCUT2D eigenvalue weighted by atomic mass is 16.5. The fraction of sp³-hybridized carbons (Fsp3) is 0.250. The number of nitrogens with one attached hydrogen (secondary N) is 1. The Hall–Kier alpha value is -3.35. The van der Waals surface area contributed by atoms with Gasteiger partial charge in [0, 0.05) is 17.7 Å². The molecule has 1 saturated carbocycles. The van der Waals surface area contributed by atoms with Gasteiger partial charge >= 0.3 is 5.69 Å². The molecule has 0 radical (unpaired) electrons. The lowest BCUT2D eigenvalue weighted by atomic mass is 10.3. The summed E-state index contributed by atoms with van der Waals surface area (Å²) in [5.41, 5.74) is 1.07. The highest BCUT2D eigenvalue weighted by Crippen LogP contribution is 2.39. The van der Waals surface area contributed by atoms with Gasteiger partial charge in [0.05, 0.1) is 12.8 Å². The van der Waals surface area contributed by atoms with Gasteiger partial charge in [-0.3, -0.25) is 4.79 Å². The van der Waals surface area contributed by atoms with E-state index in [0.29, 0.717) is 11.4 Å². The van der Waals surface area contributed by atoms with Crippen molar-refractivity contribution in [3.05, 3.63) is 70.9 Å². The minimum atomic E-state index is -0.314. The third-order valence-corrected chi connectivity index (χ3v) is 4.47. The van der Waals surface area contributed by atoms with E-state index in [0.717, 1.165) is 24.4 Å². The molecule has 138 valence electrons. The molecular weight excluding hydrogens is 344 g/mol. The van der Waals surface area contributed by atoms with Gasteiger partial charge in [-0.2, -0.15) is 5.10 Å². The quantitative estimate of drug-likeness (QED) is 0.729. The Balaban J connectivity index is 1.59. The molecular formula is C20H20N4O3. The Bertz CT molecular complexity index is 1020. The van der Waals surface area contributed by atoms with E-state index in [9.17, 15) is 9.59 Å². The lowest BCUT2D eigenvalue weighted by Crippen LogP contribution is -2.29. The van der Waals surface area contributed by atoms with E-state index in [4.69, 9.17) is 4.74 Å². The SMILES string of the molecule is COc1cccc(NC(=O)Cn2nc(C3CC3)n(-c3ccccc3)c2=O)c1. The number of hydrogen-bond acceptors (Lipinski definition) is 4. The van der Waals surface area contributed by atoms with Crippen LogP contribution in [0.15, 0.2) is 59.4 Å². The minimum absolute atomic E-state index is 0.143. The first kappa shape index (κ1) is 17.1. The van der Waals surface area contributed by atoms with Gasteiger partial charge in [-0.05, 0) is 37.1 Å². The molecule has 27 heavy (non-hydrogen) atoms. The zero-order valence-electron chi connectivity index (χ0n) is 15.0. The number of anilines is 1. The van der Waals surface area contributed by atoms with Crippen LogP contribution in [0, 0.1) is 0 Å². The standard InChI is InChI=1S/C20H20N4O3/c1-27-17-9-5-6-15(12-17)21-18(25)13-23-20(26)24(16-7-3-2-4-8-16)19(22-23)14-10-11-14/h2-9,12,14H,10-11,13H2,1H3,(H,21,25). The number of methoxy groups -OCH3 is 1. The topological polar surface area (TPSA) is 78.2 Å². The number of hydrogen-bond donors (Lipinski definition) is 1. The van der Waals surface area contributed by atoms with Crippen molar-refractivity contribution in [2.45, 2.75) is 25.3 Å². The van der Waals surface area contributed by atoms with E-state index in [1.165, 1.54) is 4.68 Å². The summed E-state index contributed by atoms with van der Waals surface area (Å²) in [4.78, 5) is 25.3. The summed E-state index contributed by atoms with van der Waals surface area (Å²) in [6, 6.07) is 16.5. The van der Waals surface area contributed by atoms with Crippen LogP contribution in [0.3, 0.4) is 0 Å². The average molecular weight is 364 g/mol. The van der Waals surface area contributed by atoms with Crippen LogP contribution in [0.1, 0.15) is 24.6 Å². The van der Waals surface area contributed by atoms with Gasteiger partial charge in [0.15, 0.2) is 0 Å². The number of ether oxygens (including phenoxy) is 1. The second-order valence-corrected chi connectivity index (χ2v) is 6.52. The fourth-order valence-corrected chi connectivity index (χ4v) is 2.99. The van der Waals surface area contributed by atoms with Gasteiger partial charge in [0.25, 0.3) is 0 Å². The molecule has 0 bridgehead atoms. The summed E-state index contributed by atoms with van der Waals surface area (Å²) in [7, 11) is 1.57. The van der Waals surface area contributed by atoms with Crippen molar-refractivity contribution < 1.29 is 9.53 Å². The maximum absolute atomic E-state index is 12.9. The molecule has 0 aliphatic heterocycles. The summed E-state index contributed by atoms with van der Waals surface area (Å²) in [6.07, 6.45) is 2.03. The molecule has 3 aromatic rings. The molecule has 0 spiro atoms. The van der Waals surface area contributed by atoms with E-state index in [2.05, 4.69) is 10.4 Å². The van der Waals surface area contributed by atoms with Crippen LogP contribution in [0.25, 0.3) is 5.69 Å². The molecule has 1 amide bonds. The van der Waals surface area contributed by atoms with Gasteiger partial charge in [-0.1, -0.05) is 24.3 Å². The van der Waals surface area contributed by atoms with Crippen molar-refractivity contribution in [3.63, 3.8) is 0 Å². The zero-order valence-corrected chi connectivity index (χ0v) is 15.0. The third kappa shape index (κ3) is 3.62. The molecule has 4 rings (SSSR count). The zero-order chi connectivity index (χ0) is 18.8. The number of aromatic nitrogens is 3. The molecule has 1 fully saturated rings. The highest BCUT2D eigenvalue weighted by Gasteiger charge is 2.31. The van der Waals surface area contributed by atoms with Crippen molar-refractivity contribution in [3.8, 4) is 11.4 Å². The third-order valence-electron chi connectivity index (χ3n) is 4.47. The molecule has 1 heterocycles. The second kappa shape index (κ2) is 7.11.